The number of carbonyl (C=O) groups is 2. The number of hydrogen-bond donors (Lipinski definition) is 3. The third-order valence-corrected chi connectivity index (χ3v) is 5.83. The fraction of sp³-hybridized carbons (Fsp3) is 0.375. The second-order valence-electron chi connectivity index (χ2n) is 8.57. The standard InChI is InChI=1S/C24H26F2N6O2/c1-3-14-7-8-27-12-18(14)16-9-17-11-20(30-23(34)28-13-24(2,25)26)31-32-21(17)19(10-16)29-22(33)15-5-4-6-15/h7-12,15H,3-6,13H2,1-2H3,(H,29,33)(H2,28,30,31,34). The lowest BCUT2D eigenvalue weighted by Crippen LogP contribution is -2.37. The van der Waals surface area contributed by atoms with Crippen molar-refractivity contribution in [2.45, 2.75) is 45.5 Å². The molecule has 1 saturated carbocycles. The number of aromatic nitrogens is 3. The molecule has 0 saturated heterocycles. The molecule has 178 valence electrons. The molecular weight excluding hydrogens is 442 g/mol. The average molecular weight is 469 g/mol. The van der Waals surface area contributed by atoms with Gasteiger partial charge in [-0.1, -0.05) is 13.3 Å². The van der Waals surface area contributed by atoms with Gasteiger partial charge < -0.3 is 10.6 Å². The number of aryl methyl sites for hydroxylation is 1. The molecule has 8 nitrogen and oxygen atoms in total. The Morgan fingerprint density at radius 1 is 1.15 bits per heavy atom. The van der Waals surface area contributed by atoms with Gasteiger partial charge in [0.05, 0.1) is 12.2 Å². The van der Waals surface area contributed by atoms with Crippen LogP contribution in [-0.4, -0.2) is 39.6 Å². The fourth-order valence-electron chi connectivity index (χ4n) is 3.76. The van der Waals surface area contributed by atoms with Gasteiger partial charge in [-0.2, -0.15) is 0 Å². The second kappa shape index (κ2) is 9.66. The molecule has 0 unspecified atom stereocenters. The summed E-state index contributed by atoms with van der Waals surface area (Å²) in [5.41, 5.74) is 3.82. The number of fused-ring (bicyclic) bond motifs is 1. The number of nitrogens with zero attached hydrogens (tertiary/aromatic N) is 3. The molecule has 10 heteroatoms. The topological polar surface area (TPSA) is 109 Å². The predicted molar refractivity (Wildman–Crippen MR) is 126 cm³/mol. The third kappa shape index (κ3) is 5.44. The van der Waals surface area contributed by atoms with E-state index in [1.165, 1.54) is 0 Å². The van der Waals surface area contributed by atoms with Gasteiger partial charge in [0.25, 0.3) is 5.92 Å². The monoisotopic (exact) mass is 468 g/mol. The first-order chi connectivity index (χ1) is 16.2. The number of halogens is 2. The van der Waals surface area contributed by atoms with E-state index < -0.39 is 18.5 Å². The normalized spacial score (nSPS) is 13.9. The maximum atomic E-state index is 13.0. The third-order valence-electron chi connectivity index (χ3n) is 5.83. The van der Waals surface area contributed by atoms with Crippen LogP contribution in [0.3, 0.4) is 0 Å². The number of nitrogens with one attached hydrogen (secondary N) is 3. The van der Waals surface area contributed by atoms with Crippen molar-refractivity contribution in [3.8, 4) is 11.1 Å². The Morgan fingerprint density at radius 3 is 2.62 bits per heavy atom. The number of carbonyl (C=O) groups excluding carboxylic acids is 2. The van der Waals surface area contributed by atoms with Crippen molar-refractivity contribution in [3.63, 3.8) is 0 Å². The Bertz CT molecular complexity index is 1220. The minimum atomic E-state index is -3.03. The zero-order chi connectivity index (χ0) is 24.3. The molecule has 2 heterocycles. The summed E-state index contributed by atoms with van der Waals surface area (Å²) in [6.45, 7) is 1.96. The van der Waals surface area contributed by atoms with Crippen LogP contribution in [0.1, 0.15) is 38.7 Å². The zero-order valence-electron chi connectivity index (χ0n) is 19.0. The maximum absolute atomic E-state index is 13.0. The lowest BCUT2D eigenvalue weighted by atomic mass is 9.84. The van der Waals surface area contributed by atoms with Gasteiger partial charge in [-0.05, 0) is 54.7 Å². The zero-order valence-corrected chi connectivity index (χ0v) is 19.0. The van der Waals surface area contributed by atoms with E-state index in [1.54, 1.807) is 18.5 Å². The van der Waals surface area contributed by atoms with Gasteiger partial charge in [0.2, 0.25) is 5.91 Å². The summed E-state index contributed by atoms with van der Waals surface area (Å²) >= 11 is 0. The summed E-state index contributed by atoms with van der Waals surface area (Å²) in [5, 5.41) is 16.3. The summed E-state index contributed by atoms with van der Waals surface area (Å²) in [6, 6.07) is 6.45. The molecule has 4 rings (SSSR count). The van der Waals surface area contributed by atoms with E-state index in [4.69, 9.17) is 0 Å². The predicted octanol–water partition coefficient (Wildman–Crippen LogP) is 4.77. The Morgan fingerprint density at radius 2 is 1.94 bits per heavy atom. The number of rotatable bonds is 7. The molecule has 1 aliphatic rings. The van der Waals surface area contributed by atoms with Gasteiger partial charge >= 0.3 is 6.03 Å². The molecular formula is C24H26F2N6O2. The summed E-state index contributed by atoms with van der Waals surface area (Å²) < 4.78 is 26.0. The van der Waals surface area contributed by atoms with Crippen LogP contribution in [-0.2, 0) is 11.2 Å². The van der Waals surface area contributed by atoms with E-state index in [0.717, 1.165) is 42.4 Å². The number of anilines is 2. The summed E-state index contributed by atoms with van der Waals surface area (Å²) in [7, 11) is 0. The highest BCUT2D eigenvalue weighted by molar-refractivity contribution is 6.04. The molecule has 34 heavy (non-hydrogen) atoms. The van der Waals surface area contributed by atoms with Crippen molar-refractivity contribution in [2.75, 3.05) is 17.2 Å². The first-order valence-electron chi connectivity index (χ1n) is 11.2. The minimum absolute atomic E-state index is 0.0161. The van der Waals surface area contributed by atoms with Gasteiger partial charge in [0, 0.05) is 36.2 Å². The lowest BCUT2D eigenvalue weighted by molar-refractivity contribution is -0.122. The fourth-order valence-corrected chi connectivity index (χ4v) is 3.76. The SMILES string of the molecule is CCc1ccncc1-c1cc(NC(=O)C2CCC2)c2nnc(NC(=O)NCC(C)(F)F)cc2c1. The van der Waals surface area contributed by atoms with Gasteiger partial charge in [-0.3, -0.25) is 15.1 Å². The second-order valence-corrected chi connectivity index (χ2v) is 8.57. The highest BCUT2D eigenvalue weighted by atomic mass is 19.3. The van der Waals surface area contributed by atoms with E-state index in [-0.39, 0.29) is 17.6 Å². The van der Waals surface area contributed by atoms with Gasteiger partial charge in [-0.15, -0.1) is 10.2 Å². The van der Waals surface area contributed by atoms with E-state index >= 15 is 0 Å². The molecule has 3 aromatic rings. The van der Waals surface area contributed by atoms with Gasteiger partial charge in [0.15, 0.2) is 5.82 Å². The quantitative estimate of drug-likeness (QED) is 0.463. The first kappa shape index (κ1) is 23.5. The molecule has 0 spiro atoms. The molecule has 0 aliphatic heterocycles. The van der Waals surface area contributed by atoms with Crippen molar-refractivity contribution in [2.24, 2.45) is 5.92 Å². The highest BCUT2D eigenvalue weighted by Gasteiger charge is 2.26. The number of alkyl halides is 2. The van der Waals surface area contributed by atoms with E-state index in [9.17, 15) is 18.4 Å². The average Bonchev–Trinajstić information content (AvgIpc) is 2.75. The van der Waals surface area contributed by atoms with Crippen molar-refractivity contribution in [1.82, 2.24) is 20.5 Å². The summed E-state index contributed by atoms with van der Waals surface area (Å²) in [4.78, 5) is 28.9. The molecule has 1 aliphatic carbocycles. The van der Waals surface area contributed by atoms with E-state index in [2.05, 4.69) is 31.1 Å². The van der Waals surface area contributed by atoms with Crippen LogP contribution in [0, 0.1) is 5.92 Å². The first-order valence-corrected chi connectivity index (χ1v) is 11.2. The number of benzene rings is 1. The number of amides is 3. The van der Waals surface area contributed by atoms with Crippen LogP contribution in [0.2, 0.25) is 0 Å². The lowest BCUT2D eigenvalue weighted by Gasteiger charge is -2.24. The molecule has 3 N–H and O–H groups in total. The molecule has 0 bridgehead atoms. The van der Waals surface area contributed by atoms with Crippen LogP contribution in [0.5, 0.6) is 0 Å². The van der Waals surface area contributed by atoms with Crippen LogP contribution >= 0.6 is 0 Å². The maximum Gasteiger partial charge on any atom is 0.320 e. The molecule has 1 aromatic carbocycles. The van der Waals surface area contributed by atoms with Crippen LogP contribution in [0.4, 0.5) is 25.1 Å². The molecule has 2 aromatic heterocycles. The smallest absolute Gasteiger partial charge is 0.320 e. The van der Waals surface area contributed by atoms with E-state index in [0.29, 0.717) is 23.5 Å². The molecule has 0 atom stereocenters. The number of pyridine rings is 1. The molecule has 3 amide bonds. The van der Waals surface area contributed by atoms with Crippen molar-refractivity contribution in [1.29, 1.82) is 0 Å². The van der Waals surface area contributed by atoms with Crippen LogP contribution in [0.15, 0.2) is 36.7 Å². The largest absolute Gasteiger partial charge is 0.332 e. The number of hydrogen-bond acceptors (Lipinski definition) is 5. The number of urea groups is 1. The van der Waals surface area contributed by atoms with Crippen LogP contribution in [0.25, 0.3) is 22.0 Å². The highest BCUT2D eigenvalue weighted by Crippen LogP contribution is 2.34. The summed E-state index contributed by atoms with van der Waals surface area (Å²) in [6.07, 6.45) is 7.05. The van der Waals surface area contributed by atoms with Crippen molar-refractivity contribution >= 4 is 34.3 Å². The van der Waals surface area contributed by atoms with Gasteiger partial charge in [-0.25, -0.2) is 13.6 Å². The van der Waals surface area contributed by atoms with Gasteiger partial charge in [0.1, 0.15) is 5.52 Å². The van der Waals surface area contributed by atoms with Crippen molar-refractivity contribution in [3.05, 3.63) is 42.2 Å². The van der Waals surface area contributed by atoms with E-state index in [1.807, 2.05) is 25.1 Å². The Hall–Kier alpha value is -3.69. The van der Waals surface area contributed by atoms with Crippen molar-refractivity contribution < 1.29 is 18.4 Å². The Balaban J connectivity index is 1.70. The Labute approximate surface area is 195 Å². The van der Waals surface area contributed by atoms with Crippen LogP contribution < -0.4 is 16.0 Å². The molecule has 1 fully saturated rings. The summed E-state index contributed by atoms with van der Waals surface area (Å²) in [5.74, 6) is -3.01. The Kier molecular flexibility index (Phi) is 6.67. The molecule has 0 radical (unpaired) electrons. The minimum Gasteiger partial charge on any atom is -0.332 e.